The first-order valence-electron chi connectivity index (χ1n) is 7.69. The standard InChI is InChI=1S/C17H19FN2O5S/c1-24-15-8-7-12(26(19,22)23)11-13(15)17(21)20-9-4-10-25-16-6-3-2-5-14(16)18/h2-3,5-8,11H,4,9-10H2,1H3,(H,20,21)(H2,19,22,23). The number of carbonyl (C=O) groups excluding carboxylic acids is 1. The number of para-hydroxylation sites is 1. The summed E-state index contributed by atoms with van der Waals surface area (Å²) < 4.78 is 46.6. The van der Waals surface area contributed by atoms with Crippen molar-refractivity contribution in [3.05, 3.63) is 53.8 Å². The van der Waals surface area contributed by atoms with Gasteiger partial charge in [-0.2, -0.15) is 0 Å². The number of nitrogens with two attached hydrogens (primary N) is 1. The first-order chi connectivity index (χ1) is 12.3. The predicted molar refractivity (Wildman–Crippen MR) is 93.2 cm³/mol. The molecule has 2 aromatic carbocycles. The third kappa shape index (κ3) is 5.17. The molecule has 0 radical (unpaired) electrons. The van der Waals surface area contributed by atoms with Crippen molar-refractivity contribution in [1.82, 2.24) is 5.32 Å². The minimum absolute atomic E-state index is 0.0500. The van der Waals surface area contributed by atoms with Crippen LogP contribution in [0.2, 0.25) is 0 Å². The van der Waals surface area contributed by atoms with Crippen molar-refractivity contribution < 1.29 is 27.1 Å². The van der Waals surface area contributed by atoms with E-state index in [1.54, 1.807) is 12.1 Å². The van der Waals surface area contributed by atoms with E-state index in [0.717, 1.165) is 6.07 Å². The van der Waals surface area contributed by atoms with Gasteiger partial charge >= 0.3 is 0 Å². The quantitative estimate of drug-likeness (QED) is 0.676. The molecule has 0 aliphatic heterocycles. The molecule has 0 aliphatic carbocycles. The molecule has 9 heteroatoms. The maximum absolute atomic E-state index is 13.4. The Labute approximate surface area is 151 Å². The van der Waals surface area contributed by atoms with Gasteiger partial charge in [-0.25, -0.2) is 17.9 Å². The smallest absolute Gasteiger partial charge is 0.255 e. The number of methoxy groups -OCH3 is 1. The van der Waals surface area contributed by atoms with Gasteiger partial charge in [0.05, 0.1) is 24.2 Å². The number of halogens is 1. The zero-order valence-corrected chi connectivity index (χ0v) is 14.9. The Morgan fingerprint density at radius 1 is 1.19 bits per heavy atom. The number of hydrogen-bond donors (Lipinski definition) is 2. The van der Waals surface area contributed by atoms with Crippen molar-refractivity contribution in [2.45, 2.75) is 11.3 Å². The van der Waals surface area contributed by atoms with E-state index in [4.69, 9.17) is 14.6 Å². The van der Waals surface area contributed by atoms with E-state index in [-0.39, 0.29) is 35.1 Å². The molecule has 0 fully saturated rings. The Balaban J connectivity index is 1.92. The normalized spacial score (nSPS) is 11.0. The number of amides is 1. The highest BCUT2D eigenvalue weighted by Gasteiger charge is 2.17. The lowest BCUT2D eigenvalue weighted by Crippen LogP contribution is -2.26. The number of sulfonamides is 1. The predicted octanol–water partition coefficient (Wildman–Crippen LogP) is 1.68. The molecular formula is C17H19FN2O5S. The molecule has 26 heavy (non-hydrogen) atoms. The average molecular weight is 382 g/mol. The SMILES string of the molecule is COc1ccc(S(N)(=O)=O)cc1C(=O)NCCCOc1ccccc1F. The lowest BCUT2D eigenvalue weighted by atomic mass is 10.2. The molecule has 1 amide bonds. The van der Waals surface area contributed by atoms with E-state index in [9.17, 15) is 17.6 Å². The summed E-state index contributed by atoms with van der Waals surface area (Å²) in [5.74, 6) is -0.613. The monoisotopic (exact) mass is 382 g/mol. The number of hydrogen-bond acceptors (Lipinski definition) is 5. The summed E-state index contributed by atoms with van der Waals surface area (Å²) in [6.07, 6.45) is 0.428. The van der Waals surface area contributed by atoms with E-state index in [1.165, 1.54) is 31.4 Å². The molecule has 0 aromatic heterocycles. The van der Waals surface area contributed by atoms with Gasteiger partial charge < -0.3 is 14.8 Å². The summed E-state index contributed by atoms with van der Waals surface area (Å²) in [7, 11) is -2.57. The summed E-state index contributed by atoms with van der Waals surface area (Å²) >= 11 is 0. The second-order valence-electron chi connectivity index (χ2n) is 5.30. The van der Waals surface area contributed by atoms with Crippen LogP contribution in [0.25, 0.3) is 0 Å². The van der Waals surface area contributed by atoms with Gasteiger partial charge in [-0.3, -0.25) is 4.79 Å². The average Bonchev–Trinajstić information content (AvgIpc) is 2.61. The van der Waals surface area contributed by atoms with E-state index in [1.807, 2.05) is 0 Å². The molecule has 0 spiro atoms. The molecule has 0 atom stereocenters. The molecule has 0 bridgehead atoms. The summed E-state index contributed by atoms with van der Waals surface area (Å²) in [5.41, 5.74) is 0.0500. The minimum Gasteiger partial charge on any atom is -0.496 e. The van der Waals surface area contributed by atoms with Gasteiger partial charge in [0.15, 0.2) is 11.6 Å². The second-order valence-corrected chi connectivity index (χ2v) is 6.86. The van der Waals surface area contributed by atoms with Crippen LogP contribution >= 0.6 is 0 Å². The van der Waals surface area contributed by atoms with Crippen molar-refractivity contribution in [2.75, 3.05) is 20.3 Å². The van der Waals surface area contributed by atoms with Crippen LogP contribution in [0.3, 0.4) is 0 Å². The van der Waals surface area contributed by atoms with Crippen molar-refractivity contribution >= 4 is 15.9 Å². The molecule has 7 nitrogen and oxygen atoms in total. The summed E-state index contributed by atoms with van der Waals surface area (Å²) in [5, 5.41) is 7.70. The molecule has 0 heterocycles. The van der Waals surface area contributed by atoms with E-state index in [0.29, 0.717) is 6.42 Å². The molecule has 3 N–H and O–H groups in total. The van der Waals surface area contributed by atoms with Gasteiger partial charge in [0.2, 0.25) is 10.0 Å². The fraction of sp³-hybridized carbons (Fsp3) is 0.235. The number of primary sulfonamides is 1. The van der Waals surface area contributed by atoms with Crippen LogP contribution in [0.4, 0.5) is 4.39 Å². The van der Waals surface area contributed by atoms with Gasteiger partial charge in [0, 0.05) is 6.54 Å². The highest BCUT2D eigenvalue weighted by Crippen LogP contribution is 2.22. The Morgan fingerprint density at radius 3 is 2.58 bits per heavy atom. The van der Waals surface area contributed by atoms with Crippen LogP contribution in [-0.2, 0) is 10.0 Å². The Kier molecular flexibility index (Phi) is 6.53. The van der Waals surface area contributed by atoms with E-state index < -0.39 is 21.7 Å². The maximum atomic E-state index is 13.4. The lowest BCUT2D eigenvalue weighted by Gasteiger charge is -2.11. The van der Waals surface area contributed by atoms with Crippen LogP contribution in [0.15, 0.2) is 47.4 Å². The number of benzene rings is 2. The summed E-state index contributed by atoms with van der Waals surface area (Å²) in [6, 6.07) is 9.79. The van der Waals surface area contributed by atoms with Gasteiger partial charge in [-0.05, 0) is 36.8 Å². The van der Waals surface area contributed by atoms with E-state index in [2.05, 4.69) is 5.32 Å². The van der Waals surface area contributed by atoms with Crippen molar-refractivity contribution in [1.29, 1.82) is 0 Å². The molecule has 2 aromatic rings. The van der Waals surface area contributed by atoms with E-state index >= 15 is 0 Å². The van der Waals surface area contributed by atoms with Crippen molar-refractivity contribution in [3.63, 3.8) is 0 Å². The Bertz CT molecular complexity index is 886. The van der Waals surface area contributed by atoms with Crippen molar-refractivity contribution in [2.24, 2.45) is 5.14 Å². The molecule has 2 rings (SSSR count). The van der Waals surface area contributed by atoms with Crippen molar-refractivity contribution in [3.8, 4) is 11.5 Å². The first-order valence-corrected chi connectivity index (χ1v) is 9.24. The van der Waals surface area contributed by atoms with Gasteiger partial charge in [-0.1, -0.05) is 12.1 Å². The molecular weight excluding hydrogens is 363 g/mol. The zero-order valence-electron chi connectivity index (χ0n) is 14.1. The Hall–Kier alpha value is -2.65. The van der Waals surface area contributed by atoms with Crippen LogP contribution in [0, 0.1) is 5.82 Å². The topological polar surface area (TPSA) is 108 Å². The first kappa shape index (κ1) is 19.7. The van der Waals surface area contributed by atoms with Crippen LogP contribution in [0.1, 0.15) is 16.8 Å². The van der Waals surface area contributed by atoms with Crippen LogP contribution in [-0.4, -0.2) is 34.6 Å². The Morgan fingerprint density at radius 2 is 1.92 bits per heavy atom. The molecule has 140 valence electrons. The zero-order chi connectivity index (χ0) is 19.2. The van der Waals surface area contributed by atoms with Gasteiger partial charge in [0.25, 0.3) is 5.91 Å². The minimum atomic E-state index is -3.94. The van der Waals surface area contributed by atoms with Crippen LogP contribution in [0.5, 0.6) is 11.5 Å². The third-order valence-electron chi connectivity index (χ3n) is 3.44. The second kappa shape index (κ2) is 8.63. The molecule has 0 unspecified atom stereocenters. The highest BCUT2D eigenvalue weighted by atomic mass is 32.2. The lowest BCUT2D eigenvalue weighted by molar-refractivity contribution is 0.0948. The maximum Gasteiger partial charge on any atom is 0.255 e. The largest absolute Gasteiger partial charge is 0.496 e. The summed E-state index contributed by atoms with van der Waals surface area (Å²) in [6.45, 7) is 0.450. The third-order valence-corrected chi connectivity index (χ3v) is 4.36. The van der Waals surface area contributed by atoms with Gasteiger partial charge in [0.1, 0.15) is 5.75 Å². The van der Waals surface area contributed by atoms with Crippen LogP contribution < -0.4 is 19.9 Å². The van der Waals surface area contributed by atoms with Gasteiger partial charge in [-0.15, -0.1) is 0 Å². The number of carbonyl (C=O) groups is 1. The number of rotatable bonds is 8. The number of ether oxygens (including phenoxy) is 2. The molecule has 0 aliphatic rings. The fourth-order valence-corrected chi connectivity index (χ4v) is 2.69. The molecule has 0 saturated carbocycles. The summed E-state index contributed by atoms with van der Waals surface area (Å²) in [4.78, 5) is 12.1. The molecule has 0 saturated heterocycles. The fourth-order valence-electron chi connectivity index (χ4n) is 2.15. The number of nitrogens with one attached hydrogen (secondary N) is 1. The highest BCUT2D eigenvalue weighted by molar-refractivity contribution is 7.89.